The van der Waals surface area contributed by atoms with Crippen LogP contribution in [0.25, 0.3) is 0 Å². The van der Waals surface area contributed by atoms with Gasteiger partial charge in [-0.15, -0.1) is 0 Å². The van der Waals surface area contributed by atoms with E-state index < -0.39 is 0 Å². The van der Waals surface area contributed by atoms with Crippen LogP contribution in [0.2, 0.25) is 6.55 Å². The Hall–Kier alpha value is 0.137. The SMILES string of the molecule is C[SiH3].OCC1CO1. The first kappa shape index (κ1) is 7.14. The van der Waals surface area contributed by atoms with Gasteiger partial charge in [-0.1, -0.05) is 6.55 Å². The third kappa shape index (κ3) is 3.98. The van der Waals surface area contributed by atoms with Crippen molar-refractivity contribution in [2.75, 3.05) is 13.2 Å². The van der Waals surface area contributed by atoms with Gasteiger partial charge in [-0.05, 0) is 10.2 Å². The van der Waals surface area contributed by atoms with Gasteiger partial charge in [-0.3, -0.25) is 0 Å². The third-order valence-corrected chi connectivity index (χ3v) is 0.606. The van der Waals surface area contributed by atoms with Gasteiger partial charge in [-0.25, -0.2) is 0 Å². The second-order valence-corrected chi connectivity index (χ2v) is 1.14. The van der Waals surface area contributed by atoms with Crippen LogP contribution in [-0.2, 0) is 4.74 Å². The van der Waals surface area contributed by atoms with E-state index in [9.17, 15) is 0 Å². The Morgan fingerprint density at radius 3 is 2.29 bits per heavy atom. The fourth-order valence-electron chi connectivity index (χ4n) is 0.173. The van der Waals surface area contributed by atoms with Crippen molar-refractivity contribution in [3.05, 3.63) is 0 Å². The topological polar surface area (TPSA) is 32.8 Å². The largest absolute Gasteiger partial charge is 0.394 e. The first-order chi connectivity index (χ1) is 3.43. The normalized spacial score (nSPS) is 25.7. The Kier molecular flexibility index (Phi) is 4.38. The number of aliphatic hydroxyl groups is 1. The number of ether oxygens (including phenoxy) is 1. The van der Waals surface area contributed by atoms with Crippen LogP contribution in [0.3, 0.4) is 0 Å². The molecule has 1 fully saturated rings. The average molecular weight is 120 g/mol. The molecule has 1 unspecified atom stereocenters. The van der Waals surface area contributed by atoms with E-state index in [1.165, 1.54) is 10.2 Å². The molecule has 2 nitrogen and oxygen atoms in total. The van der Waals surface area contributed by atoms with Gasteiger partial charge in [0, 0.05) is 0 Å². The second-order valence-electron chi connectivity index (χ2n) is 1.14. The van der Waals surface area contributed by atoms with Crippen molar-refractivity contribution in [2.24, 2.45) is 0 Å². The van der Waals surface area contributed by atoms with Crippen LogP contribution in [0.5, 0.6) is 0 Å². The van der Waals surface area contributed by atoms with Crippen molar-refractivity contribution < 1.29 is 9.84 Å². The highest BCUT2D eigenvalue weighted by Crippen LogP contribution is 2.04. The van der Waals surface area contributed by atoms with E-state index in [4.69, 9.17) is 5.11 Å². The second kappa shape index (κ2) is 4.30. The minimum atomic E-state index is 0.190. The maximum atomic E-state index is 8.08. The van der Waals surface area contributed by atoms with Crippen molar-refractivity contribution in [1.82, 2.24) is 0 Å². The van der Waals surface area contributed by atoms with E-state index in [1.807, 2.05) is 0 Å². The van der Waals surface area contributed by atoms with Crippen LogP contribution < -0.4 is 0 Å². The molecule has 1 heterocycles. The molecule has 0 bridgehead atoms. The molecule has 0 radical (unpaired) electrons. The van der Waals surface area contributed by atoms with Gasteiger partial charge in [0.05, 0.1) is 13.2 Å². The first-order valence-electron chi connectivity index (χ1n) is 2.66. The van der Waals surface area contributed by atoms with Crippen LogP contribution in [0.1, 0.15) is 0 Å². The van der Waals surface area contributed by atoms with Gasteiger partial charge >= 0.3 is 0 Å². The van der Waals surface area contributed by atoms with Crippen molar-refractivity contribution in [1.29, 1.82) is 0 Å². The highest BCUT2D eigenvalue weighted by Gasteiger charge is 2.19. The summed E-state index contributed by atoms with van der Waals surface area (Å²) >= 11 is 0. The predicted molar refractivity (Wildman–Crippen MR) is 32.6 cm³/mol. The molecule has 0 aromatic heterocycles. The zero-order valence-electron chi connectivity index (χ0n) is 4.85. The molecule has 0 aliphatic carbocycles. The Labute approximate surface area is 46.9 Å². The highest BCUT2D eigenvalue weighted by molar-refractivity contribution is 6.05. The van der Waals surface area contributed by atoms with Gasteiger partial charge in [0.25, 0.3) is 0 Å². The maximum absolute atomic E-state index is 8.08. The number of aliphatic hydroxyl groups excluding tert-OH is 1. The lowest BCUT2D eigenvalue weighted by atomic mass is 10.5. The monoisotopic (exact) mass is 120 g/mol. The van der Waals surface area contributed by atoms with E-state index in [2.05, 4.69) is 11.3 Å². The summed E-state index contributed by atoms with van der Waals surface area (Å²) in [6.45, 7) is 3.09. The van der Waals surface area contributed by atoms with Gasteiger partial charge in [0.2, 0.25) is 0 Å². The molecule has 1 atom stereocenters. The zero-order chi connectivity index (χ0) is 5.70. The highest BCUT2D eigenvalue weighted by atomic mass is 28.1. The molecular formula is C4H12O2Si. The van der Waals surface area contributed by atoms with Gasteiger partial charge in [-0.2, -0.15) is 0 Å². The molecule has 1 aliphatic heterocycles. The van der Waals surface area contributed by atoms with Crippen LogP contribution in [0.15, 0.2) is 0 Å². The number of hydrogen-bond donors (Lipinski definition) is 1. The fourth-order valence-corrected chi connectivity index (χ4v) is 0.173. The van der Waals surface area contributed by atoms with Gasteiger partial charge in [0.1, 0.15) is 6.10 Å². The molecule has 0 aromatic carbocycles. The van der Waals surface area contributed by atoms with Crippen LogP contribution in [0, 0.1) is 0 Å². The molecule has 44 valence electrons. The van der Waals surface area contributed by atoms with Crippen molar-refractivity contribution in [2.45, 2.75) is 12.7 Å². The smallest absolute Gasteiger partial charge is 0.104 e. The number of hydrogen-bond acceptors (Lipinski definition) is 2. The summed E-state index contributed by atoms with van der Waals surface area (Å²) in [5.41, 5.74) is 0. The molecule has 1 aliphatic rings. The number of epoxide rings is 1. The molecule has 1 rings (SSSR count). The summed E-state index contributed by atoms with van der Waals surface area (Å²) in [6.07, 6.45) is 0.190. The Balaban J connectivity index is 0.000000162. The summed E-state index contributed by atoms with van der Waals surface area (Å²) in [4.78, 5) is 0. The van der Waals surface area contributed by atoms with Crippen LogP contribution in [0.4, 0.5) is 0 Å². The molecule has 0 aromatic rings. The Bertz CT molecular complexity index is 36.7. The molecule has 1 saturated heterocycles. The van der Waals surface area contributed by atoms with Gasteiger partial charge < -0.3 is 9.84 Å². The molecule has 0 spiro atoms. The molecule has 0 saturated carbocycles. The third-order valence-electron chi connectivity index (χ3n) is 0.606. The van der Waals surface area contributed by atoms with Crippen LogP contribution >= 0.6 is 0 Å². The summed E-state index contributed by atoms with van der Waals surface area (Å²) in [5.74, 6) is 0. The lowest BCUT2D eigenvalue weighted by Gasteiger charge is -1.70. The predicted octanol–water partition coefficient (Wildman–Crippen LogP) is -1.22. The van der Waals surface area contributed by atoms with E-state index in [0.29, 0.717) is 0 Å². The summed E-state index contributed by atoms with van der Waals surface area (Å²) < 4.78 is 4.61. The van der Waals surface area contributed by atoms with E-state index >= 15 is 0 Å². The minimum Gasteiger partial charge on any atom is -0.394 e. The number of rotatable bonds is 1. The van der Waals surface area contributed by atoms with Crippen LogP contribution in [-0.4, -0.2) is 34.7 Å². The van der Waals surface area contributed by atoms with Crippen molar-refractivity contribution in [3.8, 4) is 0 Å². The van der Waals surface area contributed by atoms with Gasteiger partial charge in [0.15, 0.2) is 0 Å². The minimum absolute atomic E-state index is 0.190. The lowest BCUT2D eigenvalue weighted by molar-refractivity contribution is 0.244. The quantitative estimate of drug-likeness (QED) is 0.347. The Morgan fingerprint density at radius 1 is 1.86 bits per heavy atom. The molecule has 7 heavy (non-hydrogen) atoms. The lowest BCUT2D eigenvalue weighted by Crippen LogP contribution is -1.88. The van der Waals surface area contributed by atoms with Crippen molar-refractivity contribution in [3.63, 3.8) is 0 Å². The Morgan fingerprint density at radius 2 is 2.29 bits per heavy atom. The molecule has 1 N–H and O–H groups in total. The molecule has 3 heteroatoms. The zero-order valence-corrected chi connectivity index (χ0v) is 6.85. The standard InChI is InChI=1S/C3H6O2.CH6Si/c4-1-3-2-5-3;1-2/h3-4H,1-2H2;1-2H3. The maximum Gasteiger partial charge on any atom is 0.104 e. The van der Waals surface area contributed by atoms with E-state index in [1.54, 1.807) is 0 Å². The van der Waals surface area contributed by atoms with E-state index in [-0.39, 0.29) is 12.7 Å². The van der Waals surface area contributed by atoms with Crippen molar-refractivity contribution >= 4 is 10.2 Å². The average Bonchev–Trinajstić information content (AvgIpc) is 2.52. The first-order valence-corrected chi connectivity index (χ1v) is 4.66. The summed E-state index contributed by atoms with van der Waals surface area (Å²) in [7, 11) is 1.31. The summed E-state index contributed by atoms with van der Waals surface area (Å²) in [5, 5.41) is 8.08. The summed E-state index contributed by atoms with van der Waals surface area (Å²) in [6, 6.07) is 0. The van der Waals surface area contributed by atoms with E-state index in [0.717, 1.165) is 6.61 Å². The molecular weight excluding hydrogens is 108 g/mol. The fraction of sp³-hybridized carbons (Fsp3) is 1.00. The molecule has 0 amide bonds.